The van der Waals surface area contributed by atoms with Gasteiger partial charge in [-0.3, -0.25) is 4.79 Å². The van der Waals surface area contributed by atoms with Gasteiger partial charge in [-0.2, -0.15) is 0 Å². The van der Waals surface area contributed by atoms with Crippen LogP contribution in [0.4, 0.5) is 0 Å². The fourth-order valence-corrected chi connectivity index (χ4v) is 1.12. The minimum Gasteiger partial charge on any atom is -0.394 e. The maximum atomic E-state index is 10.7. The summed E-state index contributed by atoms with van der Waals surface area (Å²) in [6, 6.07) is 0. The molecular weight excluding hydrogens is 150 g/mol. The first-order valence-electron chi connectivity index (χ1n) is 3.35. The summed E-state index contributed by atoms with van der Waals surface area (Å²) >= 11 is 0. The van der Waals surface area contributed by atoms with Crippen LogP contribution in [0.15, 0.2) is 0 Å². The van der Waals surface area contributed by atoms with E-state index in [9.17, 15) is 4.79 Å². The van der Waals surface area contributed by atoms with Crippen LogP contribution in [0.2, 0.25) is 0 Å². The molecule has 4 N–H and O–H groups in total. The first-order chi connectivity index (χ1) is 5.13. The van der Waals surface area contributed by atoms with E-state index in [2.05, 4.69) is 5.32 Å². The summed E-state index contributed by atoms with van der Waals surface area (Å²) in [5.41, 5.74) is -1.02. The van der Waals surface area contributed by atoms with Crippen LogP contribution in [0.25, 0.3) is 0 Å². The van der Waals surface area contributed by atoms with Gasteiger partial charge in [0.05, 0.1) is 18.8 Å². The zero-order valence-corrected chi connectivity index (χ0v) is 5.95. The first kappa shape index (κ1) is 8.45. The molecule has 1 rings (SSSR count). The second-order valence-electron chi connectivity index (χ2n) is 2.81. The van der Waals surface area contributed by atoms with Crippen LogP contribution < -0.4 is 5.32 Å². The number of aliphatic hydroxyl groups is 3. The van der Waals surface area contributed by atoms with Crippen molar-refractivity contribution in [3.05, 3.63) is 0 Å². The van der Waals surface area contributed by atoms with E-state index in [0.717, 1.165) is 0 Å². The molecule has 1 saturated heterocycles. The highest BCUT2D eigenvalue weighted by Crippen LogP contribution is 2.18. The summed E-state index contributed by atoms with van der Waals surface area (Å²) < 4.78 is 0. The molecule has 5 nitrogen and oxygen atoms in total. The van der Waals surface area contributed by atoms with Crippen molar-refractivity contribution in [1.82, 2.24) is 5.32 Å². The van der Waals surface area contributed by atoms with Gasteiger partial charge in [-0.25, -0.2) is 0 Å². The molecule has 0 spiro atoms. The minimum atomic E-state index is -1.10. The van der Waals surface area contributed by atoms with E-state index in [4.69, 9.17) is 15.3 Å². The molecule has 0 bridgehead atoms. The van der Waals surface area contributed by atoms with E-state index in [0.29, 0.717) is 0 Å². The molecule has 0 aromatic heterocycles. The Morgan fingerprint density at radius 3 is 2.27 bits per heavy atom. The predicted octanol–water partition coefficient (Wildman–Crippen LogP) is -2.41. The zero-order valence-electron chi connectivity index (χ0n) is 5.95. The molecule has 0 aromatic rings. The molecule has 1 aliphatic rings. The van der Waals surface area contributed by atoms with Gasteiger partial charge in [0.15, 0.2) is 0 Å². The Hall–Kier alpha value is -0.650. The summed E-state index contributed by atoms with van der Waals surface area (Å²) in [7, 11) is 0. The smallest absolute Gasteiger partial charge is 0.249 e. The molecule has 0 radical (unpaired) electrons. The molecule has 0 saturated carbocycles. The number of nitrogens with one attached hydrogen (secondary N) is 1. The molecule has 1 amide bonds. The Bertz CT molecular complexity index is 166. The van der Waals surface area contributed by atoms with Crippen molar-refractivity contribution in [3.63, 3.8) is 0 Å². The van der Waals surface area contributed by atoms with Gasteiger partial charge in [-0.05, 0) is 0 Å². The Morgan fingerprint density at radius 1 is 1.55 bits per heavy atom. The Kier molecular flexibility index (Phi) is 2.12. The van der Waals surface area contributed by atoms with E-state index in [1.807, 2.05) is 0 Å². The van der Waals surface area contributed by atoms with Gasteiger partial charge in [0.25, 0.3) is 0 Å². The topological polar surface area (TPSA) is 89.8 Å². The number of rotatable bonds is 2. The maximum absolute atomic E-state index is 10.7. The molecule has 0 aliphatic carbocycles. The zero-order chi connectivity index (χ0) is 8.48. The van der Waals surface area contributed by atoms with Crippen molar-refractivity contribution in [2.24, 2.45) is 0 Å². The van der Waals surface area contributed by atoms with Crippen molar-refractivity contribution in [1.29, 1.82) is 0 Å². The summed E-state index contributed by atoms with van der Waals surface area (Å²) in [5, 5.41) is 28.8. The molecule has 1 unspecified atom stereocenters. The van der Waals surface area contributed by atoms with Gasteiger partial charge in [-0.1, -0.05) is 0 Å². The van der Waals surface area contributed by atoms with Crippen molar-refractivity contribution < 1.29 is 20.1 Å². The van der Waals surface area contributed by atoms with Crippen LogP contribution in [0.5, 0.6) is 0 Å². The third-order valence-corrected chi connectivity index (χ3v) is 1.88. The fraction of sp³-hybridized carbons (Fsp3) is 0.833. The monoisotopic (exact) mass is 161 g/mol. The van der Waals surface area contributed by atoms with Crippen molar-refractivity contribution in [3.8, 4) is 0 Å². The van der Waals surface area contributed by atoms with Crippen LogP contribution in [-0.2, 0) is 4.79 Å². The van der Waals surface area contributed by atoms with Crippen LogP contribution in [-0.4, -0.2) is 46.1 Å². The fourth-order valence-electron chi connectivity index (χ4n) is 1.12. The number of carbonyl (C=O) groups is 1. The van der Waals surface area contributed by atoms with E-state index in [1.165, 1.54) is 0 Å². The molecule has 1 atom stereocenters. The van der Waals surface area contributed by atoms with Crippen LogP contribution in [0, 0.1) is 0 Å². The van der Waals surface area contributed by atoms with Gasteiger partial charge < -0.3 is 20.6 Å². The number of carbonyl (C=O) groups excluding carboxylic acids is 1. The molecule has 1 fully saturated rings. The average Bonchev–Trinajstić information content (AvgIpc) is 2.29. The molecular formula is C6H11NO4. The van der Waals surface area contributed by atoms with Crippen molar-refractivity contribution >= 4 is 5.91 Å². The SMILES string of the molecule is O=C1NC(CO)(CO)CC1O. The standard InChI is InChI=1S/C6H11NO4/c8-2-6(3-9)1-4(10)5(11)7-6/h4,8-10H,1-3H2,(H,7,11). The number of aliphatic hydroxyl groups excluding tert-OH is 3. The lowest BCUT2D eigenvalue weighted by Gasteiger charge is -2.22. The number of hydrogen-bond donors (Lipinski definition) is 4. The lowest BCUT2D eigenvalue weighted by Crippen LogP contribution is -2.48. The van der Waals surface area contributed by atoms with Crippen LogP contribution >= 0.6 is 0 Å². The third kappa shape index (κ3) is 1.35. The summed E-state index contributed by atoms with van der Waals surface area (Å²) in [6.07, 6.45) is -1.03. The normalized spacial score (nSPS) is 28.6. The van der Waals surface area contributed by atoms with Crippen LogP contribution in [0.1, 0.15) is 6.42 Å². The van der Waals surface area contributed by atoms with E-state index >= 15 is 0 Å². The average molecular weight is 161 g/mol. The maximum Gasteiger partial charge on any atom is 0.249 e. The second-order valence-corrected chi connectivity index (χ2v) is 2.81. The summed E-state index contributed by atoms with van der Waals surface area (Å²) in [4.78, 5) is 10.7. The van der Waals surface area contributed by atoms with E-state index in [1.54, 1.807) is 0 Å². The Labute approximate surface area is 63.7 Å². The van der Waals surface area contributed by atoms with Gasteiger partial charge in [0.2, 0.25) is 5.91 Å². The molecule has 1 heterocycles. The molecule has 64 valence electrons. The lowest BCUT2D eigenvalue weighted by atomic mass is 9.99. The quantitative estimate of drug-likeness (QED) is 0.363. The molecule has 0 aromatic carbocycles. The summed E-state index contributed by atoms with van der Waals surface area (Å²) in [5.74, 6) is -0.534. The second kappa shape index (κ2) is 2.77. The number of amides is 1. The highest BCUT2D eigenvalue weighted by Gasteiger charge is 2.42. The predicted molar refractivity (Wildman–Crippen MR) is 35.7 cm³/mol. The van der Waals surface area contributed by atoms with Gasteiger partial charge in [-0.15, -0.1) is 0 Å². The van der Waals surface area contributed by atoms with Crippen molar-refractivity contribution in [2.75, 3.05) is 13.2 Å². The largest absolute Gasteiger partial charge is 0.394 e. The lowest BCUT2D eigenvalue weighted by molar-refractivity contribution is -0.126. The molecule has 5 heteroatoms. The van der Waals surface area contributed by atoms with E-state index in [-0.39, 0.29) is 19.6 Å². The Morgan fingerprint density at radius 2 is 2.09 bits per heavy atom. The first-order valence-corrected chi connectivity index (χ1v) is 3.35. The Balaban J connectivity index is 2.68. The molecule has 1 aliphatic heterocycles. The number of hydrogen-bond acceptors (Lipinski definition) is 4. The van der Waals surface area contributed by atoms with E-state index < -0.39 is 17.6 Å². The highest BCUT2D eigenvalue weighted by molar-refractivity contribution is 5.84. The minimum absolute atomic E-state index is 0.0683. The van der Waals surface area contributed by atoms with Crippen LogP contribution in [0.3, 0.4) is 0 Å². The summed E-state index contributed by atoms with van der Waals surface area (Å²) in [6.45, 7) is -0.710. The molecule has 11 heavy (non-hydrogen) atoms. The van der Waals surface area contributed by atoms with Gasteiger partial charge in [0.1, 0.15) is 6.10 Å². The third-order valence-electron chi connectivity index (χ3n) is 1.88. The van der Waals surface area contributed by atoms with Crippen molar-refractivity contribution in [2.45, 2.75) is 18.1 Å². The van der Waals surface area contributed by atoms with Gasteiger partial charge >= 0.3 is 0 Å². The highest BCUT2D eigenvalue weighted by atomic mass is 16.3. The van der Waals surface area contributed by atoms with Gasteiger partial charge in [0, 0.05) is 6.42 Å².